The van der Waals surface area contributed by atoms with Crippen molar-refractivity contribution >= 4 is 10.9 Å². The van der Waals surface area contributed by atoms with E-state index in [4.69, 9.17) is 0 Å². The molecule has 14 heavy (non-hydrogen) atoms. The van der Waals surface area contributed by atoms with E-state index < -0.39 is 0 Å². The summed E-state index contributed by atoms with van der Waals surface area (Å²) in [4.78, 5) is 4.40. The minimum atomic E-state index is 1.03. The standard InChI is InChI=1S/C13H14N/c1-2-3-6-11-9-12-7-4-5-8-13(12)14-10-11/h4-5,7-8,10H,2-3,6H2,1H3. The minimum Gasteiger partial charge on any atom is -0.256 e. The zero-order chi connectivity index (χ0) is 9.80. The van der Waals surface area contributed by atoms with E-state index in [0.717, 1.165) is 17.3 Å². The lowest BCUT2D eigenvalue weighted by Crippen LogP contribution is -1.87. The lowest BCUT2D eigenvalue weighted by molar-refractivity contribution is 0.793. The number of pyridine rings is 1. The van der Waals surface area contributed by atoms with Crippen molar-refractivity contribution in [1.29, 1.82) is 0 Å². The van der Waals surface area contributed by atoms with E-state index in [2.05, 4.69) is 24.0 Å². The fraction of sp³-hybridized carbons (Fsp3) is 0.308. The van der Waals surface area contributed by atoms with Crippen LogP contribution in [0.2, 0.25) is 0 Å². The second-order valence-corrected chi connectivity index (χ2v) is 3.53. The lowest BCUT2D eigenvalue weighted by atomic mass is 10.1. The number of fused-ring (bicyclic) bond motifs is 1. The number of hydrogen-bond donors (Lipinski definition) is 0. The monoisotopic (exact) mass is 184 g/mol. The Morgan fingerprint density at radius 1 is 1.29 bits per heavy atom. The molecule has 0 aliphatic rings. The Labute approximate surface area is 84.8 Å². The molecule has 2 aromatic rings. The number of aromatic nitrogens is 1. The molecule has 1 aromatic carbocycles. The average Bonchev–Trinajstić information content (AvgIpc) is 2.26. The van der Waals surface area contributed by atoms with Crippen LogP contribution in [0.3, 0.4) is 0 Å². The van der Waals surface area contributed by atoms with E-state index in [1.807, 2.05) is 24.4 Å². The largest absolute Gasteiger partial charge is 0.256 e. The summed E-state index contributed by atoms with van der Waals surface area (Å²) in [7, 11) is 0. The van der Waals surface area contributed by atoms with Crippen LogP contribution in [-0.4, -0.2) is 4.98 Å². The normalized spacial score (nSPS) is 10.6. The molecule has 0 unspecified atom stereocenters. The highest BCUT2D eigenvalue weighted by atomic mass is 14.6. The van der Waals surface area contributed by atoms with Gasteiger partial charge in [0.1, 0.15) is 0 Å². The Morgan fingerprint density at radius 2 is 2.14 bits per heavy atom. The van der Waals surface area contributed by atoms with Gasteiger partial charge in [-0.1, -0.05) is 31.5 Å². The Morgan fingerprint density at radius 3 is 3.00 bits per heavy atom. The fourth-order valence-corrected chi connectivity index (χ4v) is 1.54. The second kappa shape index (κ2) is 4.23. The summed E-state index contributed by atoms with van der Waals surface area (Å²) in [5, 5.41) is 1.13. The molecule has 0 amide bonds. The van der Waals surface area contributed by atoms with Crippen molar-refractivity contribution < 1.29 is 0 Å². The number of para-hydroxylation sites is 1. The average molecular weight is 184 g/mol. The predicted molar refractivity (Wildman–Crippen MR) is 59.2 cm³/mol. The maximum Gasteiger partial charge on any atom is 0.0708 e. The number of aryl methyl sites for hydroxylation is 1. The smallest absolute Gasteiger partial charge is 0.0708 e. The van der Waals surface area contributed by atoms with E-state index >= 15 is 0 Å². The van der Waals surface area contributed by atoms with Crippen LogP contribution < -0.4 is 0 Å². The summed E-state index contributed by atoms with van der Waals surface area (Å²) in [6.45, 7) is 2.20. The molecule has 1 nitrogen and oxygen atoms in total. The third kappa shape index (κ3) is 1.92. The van der Waals surface area contributed by atoms with Crippen LogP contribution in [0.4, 0.5) is 0 Å². The Hall–Kier alpha value is -1.37. The molecule has 0 N–H and O–H groups in total. The molecule has 0 aliphatic heterocycles. The van der Waals surface area contributed by atoms with Crippen LogP contribution >= 0.6 is 0 Å². The third-order valence-electron chi connectivity index (χ3n) is 2.36. The first-order valence-corrected chi connectivity index (χ1v) is 5.16. The Bertz CT molecular complexity index is 420. The van der Waals surface area contributed by atoms with Crippen LogP contribution in [0.25, 0.3) is 10.9 Å². The zero-order valence-corrected chi connectivity index (χ0v) is 8.46. The zero-order valence-electron chi connectivity index (χ0n) is 8.46. The molecule has 0 saturated heterocycles. The summed E-state index contributed by atoms with van der Waals surface area (Å²) >= 11 is 0. The molecule has 1 radical (unpaired) electrons. The van der Waals surface area contributed by atoms with Crippen LogP contribution in [0.1, 0.15) is 25.3 Å². The molecule has 0 bridgehead atoms. The Balaban J connectivity index is 2.32. The van der Waals surface area contributed by atoms with Crippen molar-refractivity contribution in [2.45, 2.75) is 26.2 Å². The van der Waals surface area contributed by atoms with Gasteiger partial charge in [-0.2, -0.15) is 0 Å². The van der Waals surface area contributed by atoms with E-state index in [1.54, 1.807) is 0 Å². The molecule has 71 valence electrons. The van der Waals surface area contributed by atoms with Gasteiger partial charge in [0.15, 0.2) is 0 Å². The van der Waals surface area contributed by atoms with Crippen molar-refractivity contribution in [2.24, 2.45) is 0 Å². The quantitative estimate of drug-likeness (QED) is 0.712. The number of benzene rings is 1. The van der Waals surface area contributed by atoms with E-state index in [0.29, 0.717) is 0 Å². The van der Waals surface area contributed by atoms with Gasteiger partial charge in [-0.05, 0) is 30.5 Å². The molecule has 1 aromatic heterocycles. The minimum absolute atomic E-state index is 1.03. The van der Waals surface area contributed by atoms with Gasteiger partial charge in [0.25, 0.3) is 0 Å². The molecule has 0 saturated carbocycles. The molecular formula is C13H14N. The number of rotatable bonds is 3. The van der Waals surface area contributed by atoms with Gasteiger partial charge in [-0.25, -0.2) is 0 Å². The molecule has 0 atom stereocenters. The first-order valence-electron chi connectivity index (χ1n) is 5.16. The van der Waals surface area contributed by atoms with E-state index in [9.17, 15) is 0 Å². The highest BCUT2D eigenvalue weighted by Crippen LogP contribution is 2.13. The van der Waals surface area contributed by atoms with Gasteiger partial charge < -0.3 is 0 Å². The van der Waals surface area contributed by atoms with E-state index in [1.165, 1.54) is 18.4 Å². The molecule has 0 aliphatic carbocycles. The van der Waals surface area contributed by atoms with Gasteiger partial charge in [0, 0.05) is 11.6 Å². The van der Waals surface area contributed by atoms with Crippen LogP contribution in [0.5, 0.6) is 0 Å². The maximum absolute atomic E-state index is 4.40. The SMILES string of the molecule is CCCCc1[c]c2ccccc2nc1. The summed E-state index contributed by atoms with van der Waals surface area (Å²) in [6, 6.07) is 11.5. The van der Waals surface area contributed by atoms with Gasteiger partial charge in [-0.15, -0.1) is 0 Å². The van der Waals surface area contributed by atoms with Crippen LogP contribution in [0.15, 0.2) is 30.5 Å². The molecule has 1 heteroatoms. The highest BCUT2D eigenvalue weighted by molar-refractivity contribution is 5.77. The van der Waals surface area contributed by atoms with Gasteiger partial charge in [0.2, 0.25) is 0 Å². The number of hydrogen-bond acceptors (Lipinski definition) is 1. The Kier molecular flexibility index (Phi) is 2.78. The molecule has 1 heterocycles. The predicted octanol–water partition coefficient (Wildman–Crippen LogP) is 3.38. The highest BCUT2D eigenvalue weighted by Gasteiger charge is 1.97. The fourth-order valence-electron chi connectivity index (χ4n) is 1.54. The van der Waals surface area contributed by atoms with Crippen molar-refractivity contribution in [3.63, 3.8) is 0 Å². The first-order chi connectivity index (χ1) is 6.90. The van der Waals surface area contributed by atoms with Crippen LogP contribution in [-0.2, 0) is 6.42 Å². The van der Waals surface area contributed by atoms with Crippen molar-refractivity contribution in [1.82, 2.24) is 4.98 Å². The van der Waals surface area contributed by atoms with E-state index in [-0.39, 0.29) is 0 Å². The van der Waals surface area contributed by atoms with Crippen molar-refractivity contribution in [3.05, 3.63) is 42.1 Å². The topological polar surface area (TPSA) is 12.9 Å². The van der Waals surface area contributed by atoms with Crippen molar-refractivity contribution in [2.75, 3.05) is 0 Å². The summed E-state index contributed by atoms with van der Waals surface area (Å²) < 4.78 is 0. The molecule has 0 fully saturated rings. The van der Waals surface area contributed by atoms with Gasteiger partial charge in [0.05, 0.1) is 5.52 Å². The molecule has 2 rings (SSSR count). The van der Waals surface area contributed by atoms with Crippen LogP contribution in [0, 0.1) is 6.07 Å². The summed E-state index contributed by atoms with van der Waals surface area (Å²) in [5.74, 6) is 0. The lowest BCUT2D eigenvalue weighted by Gasteiger charge is -2.00. The second-order valence-electron chi connectivity index (χ2n) is 3.53. The number of unbranched alkanes of at least 4 members (excludes halogenated alkanes) is 1. The van der Waals surface area contributed by atoms with Gasteiger partial charge in [-0.3, -0.25) is 4.98 Å². The first kappa shape index (κ1) is 9.20. The summed E-state index contributed by atoms with van der Waals surface area (Å²) in [6.07, 6.45) is 5.48. The summed E-state index contributed by atoms with van der Waals surface area (Å²) in [5.41, 5.74) is 2.26. The molecule has 0 spiro atoms. The molecular weight excluding hydrogens is 170 g/mol. The maximum atomic E-state index is 4.40. The third-order valence-corrected chi connectivity index (χ3v) is 2.36. The van der Waals surface area contributed by atoms with Crippen molar-refractivity contribution in [3.8, 4) is 0 Å². The number of nitrogens with zero attached hydrogens (tertiary/aromatic N) is 1. The van der Waals surface area contributed by atoms with Gasteiger partial charge >= 0.3 is 0 Å².